The number of hydrogen-bond acceptors (Lipinski definition) is 7. The first-order chi connectivity index (χ1) is 13.1. The molecule has 27 heavy (non-hydrogen) atoms. The van der Waals surface area contributed by atoms with Crippen LogP contribution in [0.15, 0.2) is 42.0 Å². The van der Waals surface area contributed by atoms with Gasteiger partial charge in [-0.25, -0.2) is 4.79 Å². The van der Waals surface area contributed by atoms with Crippen LogP contribution in [0.1, 0.15) is 15.9 Å². The SMILES string of the molecule is COc1cc(C(=O)Oc2ccc(C=C(C#N)C#N)cc2)cc(OC)c1OC. The molecule has 0 spiro atoms. The number of carbonyl (C=O) groups is 1. The minimum absolute atomic E-state index is 0.0165. The highest BCUT2D eigenvalue weighted by Gasteiger charge is 2.18. The van der Waals surface area contributed by atoms with E-state index in [0.717, 1.165) is 0 Å². The summed E-state index contributed by atoms with van der Waals surface area (Å²) in [6.45, 7) is 0. The quantitative estimate of drug-likeness (QED) is 0.440. The Morgan fingerprint density at radius 2 is 1.48 bits per heavy atom. The first-order valence-electron chi connectivity index (χ1n) is 7.70. The van der Waals surface area contributed by atoms with Crippen LogP contribution in [-0.4, -0.2) is 27.3 Å². The fourth-order valence-electron chi connectivity index (χ4n) is 2.25. The third-order valence-corrected chi connectivity index (χ3v) is 3.54. The summed E-state index contributed by atoms with van der Waals surface area (Å²) >= 11 is 0. The van der Waals surface area contributed by atoms with Crippen molar-refractivity contribution < 1.29 is 23.7 Å². The number of rotatable bonds is 6. The monoisotopic (exact) mass is 364 g/mol. The van der Waals surface area contributed by atoms with E-state index < -0.39 is 5.97 Å². The second kappa shape index (κ2) is 8.93. The van der Waals surface area contributed by atoms with Gasteiger partial charge in [0, 0.05) is 0 Å². The van der Waals surface area contributed by atoms with Crippen LogP contribution in [0.4, 0.5) is 0 Å². The molecular formula is C20H16N2O5. The Morgan fingerprint density at radius 1 is 0.926 bits per heavy atom. The Morgan fingerprint density at radius 3 is 1.93 bits per heavy atom. The van der Waals surface area contributed by atoms with E-state index in [2.05, 4.69) is 0 Å². The Bertz CT molecular complexity index is 909. The number of methoxy groups -OCH3 is 3. The fourth-order valence-corrected chi connectivity index (χ4v) is 2.25. The van der Waals surface area contributed by atoms with Crippen molar-refractivity contribution in [1.82, 2.24) is 0 Å². The van der Waals surface area contributed by atoms with E-state index in [1.807, 2.05) is 0 Å². The number of ether oxygens (including phenoxy) is 4. The first kappa shape index (κ1) is 19.4. The predicted molar refractivity (Wildman–Crippen MR) is 96.7 cm³/mol. The molecule has 0 aliphatic rings. The molecule has 0 N–H and O–H groups in total. The molecule has 0 saturated carbocycles. The van der Waals surface area contributed by atoms with Crippen LogP contribution >= 0.6 is 0 Å². The summed E-state index contributed by atoms with van der Waals surface area (Å²) in [5, 5.41) is 17.5. The maximum atomic E-state index is 12.4. The van der Waals surface area contributed by atoms with Crippen LogP contribution in [0.25, 0.3) is 6.08 Å². The van der Waals surface area contributed by atoms with Crippen molar-refractivity contribution >= 4 is 12.0 Å². The molecule has 2 aromatic rings. The van der Waals surface area contributed by atoms with Crippen molar-refractivity contribution in [2.45, 2.75) is 0 Å². The molecule has 0 unspecified atom stereocenters. The molecule has 7 heteroatoms. The van der Waals surface area contributed by atoms with Crippen molar-refractivity contribution in [3.63, 3.8) is 0 Å². The first-order valence-corrected chi connectivity index (χ1v) is 7.70. The molecule has 2 rings (SSSR count). The summed E-state index contributed by atoms with van der Waals surface area (Å²) < 4.78 is 21.0. The number of carbonyl (C=O) groups excluding carboxylic acids is 1. The summed E-state index contributed by atoms with van der Waals surface area (Å²) in [5.41, 5.74) is 0.850. The van der Waals surface area contributed by atoms with Crippen molar-refractivity contribution in [2.75, 3.05) is 21.3 Å². The van der Waals surface area contributed by atoms with E-state index in [0.29, 0.717) is 28.6 Å². The zero-order chi connectivity index (χ0) is 19.8. The second-order valence-corrected chi connectivity index (χ2v) is 5.15. The third kappa shape index (κ3) is 4.56. The van der Waals surface area contributed by atoms with Gasteiger partial charge in [-0.05, 0) is 35.9 Å². The van der Waals surface area contributed by atoms with Gasteiger partial charge in [0.2, 0.25) is 5.75 Å². The third-order valence-electron chi connectivity index (χ3n) is 3.54. The molecular weight excluding hydrogens is 348 g/mol. The summed E-state index contributed by atoms with van der Waals surface area (Å²) in [4.78, 5) is 12.4. The topological polar surface area (TPSA) is 102 Å². The highest BCUT2D eigenvalue weighted by Crippen LogP contribution is 2.38. The highest BCUT2D eigenvalue weighted by atomic mass is 16.5. The Balaban J connectivity index is 2.24. The minimum Gasteiger partial charge on any atom is -0.493 e. The van der Waals surface area contributed by atoms with Gasteiger partial charge in [0.25, 0.3) is 0 Å². The molecule has 0 radical (unpaired) electrons. The highest BCUT2D eigenvalue weighted by molar-refractivity contribution is 5.92. The van der Waals surface area contributed by atoms with Crippen LogP contribution in [0.3, 0.4) is 0 Å². The number of esters is 1. The largest absolute Gasteiger partial charge is 0.493 e. The molecule has 7 nitrogen and oxygen atoms in total. The smallest absolute Gasteiger partial charge is 0.343 e. The lowest BCUT2D eigenvalue weighted by Gasteiger charge is -2.13. The van der Waals surface area contributed by atoms with Crippen molar-refractivity contribution in [1.29, 1.82) is 10.5 Å². The summed E-state index contributed by atoms with van der Waals surface area (Å²) in [7, 11) is 4.38. The normalized spacial score (nSPS) is 9.37. The standard InChI is InChI=1S/C20H16N2O5/c1-24-17-9-15(10-18(25-2)19(17)26-3)20(23)27-16-6-4-13(5-7-16)8-14(11-21)12-22/h4-10H,1-3H3. The van der Waals surface area contributed by atoms with E-state index in [9.17, 15) is 4.79 Å². The van der Waals surface area contributed by atoms with Gasteiger partial charge in [0.1, 0.15) is 23.5 Å². The van der Waals surface area contributed by atoms with Gasteiger partial charge in [-0.15, -0.1) is 0 Å². The Labute approximate surface area is 156 Å². The van der Waals surface area contributed by atoms with Crippen molar-refractivity contribution in [2.24, 2.45) is 0 Å². The van der Waals surface area contributed by atoms with Crippen LogP contribution in [0.2, 0.25) is 0 Å². The fraction of sp³-hybridized carbons (Fsp3) is 0.150. The summed E-state index contributed by atoms with van der Waals surface area (Å²) in [6, 6.07) is 12.9. The van der Waals surface area contributed by atoms with Gasteiger partial charge < -0.3 is 18.9 Å². The molecule has 0 fully saturated rings. The molecule has 0 aliphatic carbocycles. The van der Waals surface area contributed by atoms with E-state index in [1.54, 1.807) is 36.4 Å². The van der Waals surface area contributed by atoms with Gasteiger partial charge >= 0.3 is 5.97 Å². The predicted octanol–water partition coefficient (Wildman–Crippen LogP) is 3.36. The molecule has 0 bridgehead atoms. The molecule has 0 aliphatic heterocycles. The lowest BCUT2D eigenvalue weighted by molar-refractivity contribution is 0.0734. The van der Waals surface area contributed by atoms with Gasteiger partial charge in [0.05, 0.1) is 26.9 Å². The molecule has 2 aromatic carbocycles. The number of hydrogen-bond donors (Lipinski definition) is 0. The molecule has 0 saturated heterocycles. The zero-order valence-electron chi connectivity index (χ0n) is 15.0. The molecule has 0 amide bonds. The second-order valence-electron chi connectivity index (χ2n) is 5.15. The van der Waals surface area contributed by atoms with Crippen LogP contribution in [0, 0.1) is 22.7 Å². The van der Waals surface area contributed by atoms with Crippen LogP contribution in [0.5, 0.6) is 23.0 Å². The summed E-state index contributed by atoms with van der Waals surface area (Å²) in [5.74, 6) is 0.752. The molecule has 0 aromatic heterocycles. The van der Waals surface area contributed by atoms with Crippen LogP contribution in [-0.2, 0) is 0 Å². The zero-order valence-corrected chi connectivity index (χ0v) is 15.0. The molecule has 0 heterocycles. The van der Waals surface area contributed by atoms with Gasteiger partial charge in [-0.1, -0.05) is 12.1 Å². The van der Waals surface area contributed by atoms with E-state index in [4.69, 9.17) is 29.5 Å². The van der Waals surface area contributed by atoms with E-state index in [1.165, 1.54) is 39.5 Å². The van der Waals surface area contributed by atoms with Crippen molar-refractivity contribution in [3.8, 4) is 35.1 Å². The number of nitriles is 2. The number of nitrogens with zero attached hydrogens (tertiary/aromatic N) is 2. The Kier molecular flexibility index (Phi) is 6.40. The minimum atomic E-state index is -0.604. The van der Waals surface area contributed by atoms with E-state index in [-0.39, 0.29) is 11.1 Å². The average Bonchev–Trinajstić information content (AvgIpc) is 2.71. The molecule has 0 atom stereocenters. The van der Waals surface area contributed by atoms with Crippen LogP contribution < -0.4 is 18.9 Å². The lowest BCUT2D eigenvalue weighted by Crippen LogP contribution is -2.09. The maximum absolute atomic E-state index is 12.4. The lowest BCUT2D eigenvalue weighted by atomic mass is 10.1. The van der Waals surface area contributed by atoms with Crippen molar-refractivity contribution in [3.05, 3.63) is 53.1 Å². The molecule has 136 valence electrons. The number of benzene rings is 2. The van der Waals surface area contributed by atoms with E-state index >= 15 is 0 Å². The van der Waals surface area contributed by atoms with Gasteiger partial charge in [-0.2, -0.15) is 10.5 Å². The summed E-state index contributed by atoms with van der Waals surface area (Å²) in [6.07, 6.45) is 1.44. The Hall–Kier alpha value is -3.97. The van der Waals surface area contributed by atoms with Gasteiger partial charge in [-0.3, -0.25) is 0 Å². The number of allylic oxidation sites excluding steroid dienone is 1. The maximum Gasteiger partial charge on any atom is 0.343 e. The average molecular weight is 364 g/mol. The van der Waals surface area contributed by atoms with Gasteiger partial charge in [0.15, 0.2) is 11.5 Å².